The zero-order chi connectivity index (χ0) is 12.3. The number of carbonyl (C=O) groups is 1. The van der Waals surface area contributed by atoms with E-state index in [2.05, 4.69) is 12.2 Å². The maximum atomic E-state index is 12.3. The minimum Gasteiger partial charge on any atom is -0.345 e. The molecule has 2 atom stereocenters. The Hall–Kier alpha value is -0.570. The van der Waals surface area contributed by atoms with Gasteiger partial charge in [-0.05, 0) is 31.2 Å². The number of amides is 1. The fourth-order valence-corrected chi connectivity index (χ4v) is 3.27. The van der Waals surface area contributed by atoms with Crippen molar-refractivity contribution in [3.05, 3.63) is 0 Å². The van der Waals surface area contributed by atoms with Crippen LogP contribution in [0.15, 0.2) is 0 Å². The van der Waals surface area contributed by atoms with Gasteiger partial charge >= 0.3 is 0 Å². The van der Waals surface area contributed by atoms with Crippen LogP contribution in [-0.2, 0) is 4.79 Å². The molecule has 0 bridgehead atoms. The zero-order valence-corrected chi connectivity index (χ0v) is 11.2. The molecule has 17 heavy (non-hydrogen) atoms. The van der Waals surface area contributed by atoms with Crippen molar-refractivity contribution in [1.29, 1.82) is 0 Å². The van der Waals surface area contributed by atoms with Gasteiger partial charge in [-0.2, -0.15) is 0 Å². The van der Waals surface area contributed by atoms with Gasteiger partial charge in [-0.15, -0.1) is 0 Å². The van der Waals surface area contributed by atoms with E-state index in [0.29, 0.717) is 11.8 Å². The molecule has 0 spiro atoms. The molecule has 1 heterocycles. The molecule has 0 aromatic carbocycles. The molecule has 1 N–H and O–H groups in total. The molecular weight excluding hydrogens is 212 g/mol. The largest absolute Gasteiger partial charge is 0.345 e. The first kappa shape index (κ1) is 12.9. The van der Waals surface area contributed by atoms with E-state index in [1.54, 1.807) is 0 Å². The highest BCUT2D eigenvalue weighted by atomic mass is 16.2. The Balaban J connectivity index is 1.81. The van der Waals surface area contributed by atoms with E-state index in [-0.39, 0.29) is 5.92 Å². The van der Waals surface area contributed by atoms with E-state index < -0.39 is 0 Å². The summed E-state index contributed by atoms with van der Waals surface area (Å²) in [5.74, 6) is 1.82. The van der Waals surface area contributed by atoms with Gasteiger partial charge < -0.3 is 10.2 Å². The van der Waals surface area contributed by atoms with E-state index in [1.165, 1.54) is 32.1 Å². The molecule has 0 aromatic rings. The summed E-state index contributed by atoms with van der Waals surface area (Å²) in [6.07, 6.45) is 6.73. The minimum absolute atomic E-state index is 0.212. The van der Waals surface area contributed by atoms with Gasteiger partial charge in [0.1, 0.15) is 0 Å². The molecule has 0 aromatic heterocycles. The molecule has 1 saturated heterocycles. The summed E-state index contributed by atoms with van der Waals surface area (Å²) in [6.45, 7) is 5.02. The van der Waals surface area contributed by atoms with Gasteiger partial charge in [0, 0.05) is 20.1 Å². The SMILES string of the molecule is CC1CNCC1C(=O)N(C)CC1CCCCC1. The minimum atomic E-state index is 0.212. The van der Waals surface area contributed by atoms with Crippen molar-refractivity contribution in [3.63, 3.8) is 0 Å². The molecule has 2 unspecified atom stereocenters. The highest BCUT2D eigenvalue weighted by Crippen LogP contribution is 2.25. The lowest BCUT2D eigenvalue weighted by Gasteiger charge is -2.29. The number of nitrogens with zero attached hydrogens (tertiary/aromatic N) is 1. The average molecular weight is 238 g/mol. The summed E-state index contributed by atoms with van der Waals surface area (Å²) >= 11 is 0. The average Bonchev–Trinajstić information content (AvgIpc) is 2.76. The van der Waals surface area contributed by atoms with Crippen LogP contribution in [0.1, 0.15) is 39.0 Å². The molecule has 1 saturated carbocycles. The van der Waals surface area contributed by atoms with E-state index in [0.717, 1.165) is 25.6 Å². The summed E-state index contributed by atoms with van der Waals surface area (Å²) in [6, 6.07) is 0. The lowest BCUT2D eigenvalue weighted by molar-refractivity contribution is -0.135. The van der Waals surface area contributed by atoms with Gasteiger partial charge in [0.05, 0.1) is 5.92 Å². The van der Waals surface area contributed by atoms with Crippen LogP contribution in [0.2, 0.25) is 0 Å². The predicted octanol–water partition coefficient (Wildman–Crippen LogP) is 1.88. The van der Waals surface area contributed by atoms with Crippen molar-refractivity contribution in [2.24, 2.45) is 17.8 Å². The highest BCUT2D eigenvalue weighted by Gasteiger charge is 2.32. The van der Waals surface area contributed by atoms with Crippen LogP contribution in [0.5, 0.6) is 0 Å². The monoisotopic (exact) mass is 238 g/mol. The molecule has 98 valence electrons. The Bertz CT molecular complexity index is 261. The second kappa shape index (κ2) is 5.85. The first-order valence-electron chi connectivity index (χ1n) is 7.14. The number of hydrogen-bond acceptors (Lipinski definition) is 2. The number of hydrogen-bond donors (Lipinski definition) is 1. The Morgan fingerprint density at radius 2 is 1.94 bits per heavy atom. The van der Waals surface area contributed by atoms with Crippen LogP contribution in [0, 0.1) is 17.8 Å². The smallest absolute Gasteiger partial charge is 0.227 e. The summed E-state index contributed by atoms with van der Waals surface area (Å²) < 4.78 is 0. The molecule has 2 aliphatic rings. The Labute approximate surface area is 105 Å². The molecular formula is C14H26N2O. The van der Waals surface area contributed by atoms with Crippen molar-refractivity contribution in [3.8, 4) is 0 Å². The number of rotatable bonds is 3. The highest BCUT2D eigenvalue weighted by molar-refractivity contribution is 5.79. The molecule has 0 radical (unpaired) electrons. The summed E-state index contributed by atoms with van der Waals surface area (Å²) in [7, 11) is 1.99. The van der Waals surface area contributed by atoms with Crippen LogP contribution in [0.25, 0.3) is 0 Å². The molecule has 1 amide bonds. The molecule has 1 aliphatic carbocycles. The van der Waals surface area contributed by atoms with E-state index >= 15 is 0 Å². The first-order valence-corrected chi connectivity index (χ1v) is 7.14. The van der Waals surface area contributed by atoms with Crippen LogP contribution in [0.3, 0.4) is 0 Å². The summed E-state index contributed by atoms with van der Waals surface area (Å²) in [5, 5.41) is 3.31. The zero-order valence-electron chi connectivity index (χ0n) is 11.2. The van der Waals surface area contributed by atoms with Crippen molar-refractivity contribution in [1.82, 2.24) is 10.2 Å². The molecule has 2 fully saturated rings. The van der Waals surface area contributed by atoms with Crippen LogP contribution < -0.4 is 5.32 Å². The van der Waals surface area contributed by atoms with Gasteiger partial charge in [-0.3, -0.25) is 4.79 Å². The quantitative estimate of drug-likeness (QED) is 0.814. The Morgan fingerprint density at radius 1 is 1.24 bits per heavy atom. The summed E-state index contributed by atoms with van der Waals surface area (Å²) in [4.78, 5) is 14.3. The maximum Gasteiger partial charge on any atom is 0.227 e. The normalized spacial score (nSPS) is 30.5. The standard InChI is InChI=1S/C14H26N2O/c1-11-8-15-9-13(11)14(17)16(2)10-12-6-4-3-5-7-12/h11-13,15H,3-10H2,1-2H3. The van der Waals surface area contributed by atoms with Crippen LogP contribution >= 0.6 is 0 Å². The van der Waals surface area contributed by atoms with Crippen LogP contribution in [-0.4, -0.2) is 37.5 Å². The van der Waals surface area contributed by atoms with Gasteiger partial charge in [0.15, 0.2) is 0 Å². The lowest BCUT2D eigenvalue weighted by atomic mass is 9.88. The molecule has 2 rings (SSSR count). The fraction of sp³-hybridized carbons (Fsp3) is 0.929. The first-order chi connectivity index (χ1) is 8.18. The number of nitrogens with one attached hydrogen (secondary N) is 1. The van der Waals surface area contributed by atoms with Crippen molar-refractivity contribution >= 4 is 5.91 Å². The lowest BCUT2D eigenvalue weighted by Crippen LogP contribution is -2.39. The van der Waals surface area contributed by atoms with E-state index in [1.807, 2.05) is 11.9 Å². The molecule has 3 nitrogen and oxygen atoms in total. The Kier molecular flexibility index (Phi) is 4.43. The topological polar surface area (TPSA) is 32.3 Å². The van der Waals surface area contributed by atoms with Gasteiger partial charge in [0.2, 0.25) is 5.91 Å². The molecule has 1 aliphatic heterocycles. The van der Waals surface area contributed by atoms with Gasteiger partial charge in [-0.25, -0.2) is 0 Å². The van der Waals surface area contributed by atoms with E-state index in [4.69, 9.17) is 0 Å². The Morgan fingerprint density at radius 3 is 2.53 bits per heavy atom. The van der Waals surface area contributed by atoms with Gasteiger partial charge in [0.25, 0.3) is 0 Å². The fourth-order valence-electron chi connectivity index (χ4n) is 3.27. The predicted molar refractivity (Wildman–Crippen MR) is 69.7 cm³/mol. The van der Waals surface area contributed by atoms with Crippen molar-refractivity contribution in [2.45, 2.75) is 39.0 Å². The van der Waals surface area contributed by atoms with Gasteiger partial charge in [-0.1, -0.05) is 26.2 Å². The third-order valence-electron chi connectivity index (χ3n) is 4.47. The van der Waals surface area contributed by atoms with Crippen molar-refractivity contribution in [2.75, 3.05) is 26.7 Å². The summed E-state index contributed by atoms with van der Waals surface area (Å²) in [5.41, 5.74) is 0. The van der Waals surface area contributed by atoms with E-state index in [9.17, 15) is 4.79 Å². The second-order valence-electron chi connectivity index (χ2n) is 5.96. The van der Waals surface area contributed by atoms with Crippen molar-refractivity contribution < 1.29 is 4.79 Å². The number of carbonyl (C=O) groups excluding carboxylic acids is 1. The third kappa shape index (κ3) is 3.21. The maximum absolute atomic E-state index is 12.3. The second-order valence-corrected chi connectivity index (χ2v) is 5.96. The molecule has 3 heteroatoms. The third-order valence-corrected chi connectivity index (χ3v) is 4.47. The van der Waals surface area contributed by atoms with Crippen LogP contribution in [0.4, 0.5) is 0 Å².